The predicted octanol–water partition coefficient (Wildman–Crippen LogP) is 1.61. The third kappa shape index (κ3) is 1.16. The van der Waals surface area contributed by atoms with E-state index in [0.29, 0.717) is 5.88 Å². The van der Waals surface area contributed by atoms with Crippen LogP contribution in [0.4, 0.5) is 0 Å². The molecule has 0 amide bonds. The average molecular weight is 197 g/mol. The standard InChI is InChI=1S/C9H9ClN2O/c1-12-8-6(5-10)3-2-4-7(8)11-9(12)13/h2-4H,5H2,1H3,(H,11,13). The van der Waals surface area contributed by atoms with Gasteiger partial charge in [-0.1, -0.05) is 12.1 Å². The molecular formula is C9H9ClN2O. The number of nitrogens with one attached hydrogen (secondary N) is 1. The van der Waals surface area contributed by atoms with Gasteiger partial charge in [0.05, 0.1) is 11.0 Å². The van der Waals surface area contributed by atoms with Crippen molar-refractivity contribution in [3.63, 3.8) is 0 Å². The highest BCUT2D eigenvalue weighted by atomic mass is 35.5. The first kappa shape index (κ1) is 8.38. The Labute approximate surface area is 79.9 Å². The third-order valence-corrected chi connectivity index (χ3v) is 2.43. The van der Waals surface area contributed by atoms with Gasteiger partial charge < -0.3 is 4.98 Å². The van der Waals surface area contributed by atoms with Gasteiger partial charge in [-0.3, -0.25) is 4.57 Å². The first-order valence-electron chi connectivity index (χ1n) is 3.96. The molecule has 0 spiro atoms. The van der Waals surface area contributed by atoms with Gasteiger partial charge in [-0.25, -0.2) is 4.79 Å². The fourth-order valence-electron chi connectivity index (χ4n) is 1.50. The van der Waals surface area contributed by atoms with Crippen molar-refractivity contribution in [2.75, 3.05) is 0 Å². The van der Waals surface area contributed by atoms with Crippen molar-refractivity contribution in [2.24, 2.45) is 7.05 Å². The summed E-state index contributed by atoms with van der Waals surface area (Å²) in [7, 11) is 1.73. The summed E-state index contributed by atoms with van der Waals surface area (Å²) < 4.78 is 1.58. The number of aromatic nitrogens is 2. The molecule has 1 aromatic carbocycles. The number of H-pyrrole nitrogens is 1. The minimum atomic E-state index is -0.104. The summed E-state index contributed by atoms with van der Waals surface area (Å²) in [5.41, 5.74) is 2.60. The van der Waals surface area contributed by atoms with Crippen molar-refractivity contribution < 1.29 is 0 Å². The molecule has 0 aliphatic heterocycles. The molecule has 1 N–H and O–H groups in total. The van der Waals surface area contributed by atoms with Crippen LogP contribution in [0.25, 0.3) is 11.0 Å². The SMILES string of the molecule is Cn1c(=O)[nH]c2cccc(CCl)c21. The van der Waals surface area contributed by atoms with Crippen molar-refractivity contribution in [3.05, 3.63) is 34.2 Å². The summed E-state index contributed by atoms with van der Waals surface area (Å²) in [6.07, 6.45) is 0. The molecular weight excluding hydrogens is 188 g/mol. The van der Waals surface area contributed by atoms with E-state index in [9.17, 15) is 4.79 Å². The molecule has 4 heteroatoms. The van der Waals surface area contributed by atoms with E-state index in [2.05, 4.69) is 4.98 Å². The van der Waals surface area contributed by atoms with Gasteiger partial charge in [0, 0.05) is 12.9 Å². The number of aromatic amines is 1. The summed E-state index contributed by atoms with van der Waals surface area (Å²) in [6.45, 7) is 0. The molecule has 0 aliphatic rings. The van der Waals surface area contributed by atoms with Gasteiger partial charge in [0.25, 0.3) is 0 Å². The smallest absolute Gasteiger partial charge is 0.306 e. The Morgan fingerprint density at radius 2 is 2.31 bits per heavy atom. The molecule has 13 heavy (non-hydrogen) atoms. The second-order valence-corrected chi connectivity index (χ2v) is 3.20. The fourth-order valence-corrected chi connectivity index (χ4v) is 1.71. The van der Waals surface area contributed by atoms with Crippen LogP contribution in [0.5, 0.6) is 0 Å². The highest BCUT2D eigenvalue weighted by Crippen LogP contribution is 2.16. The molecule has 0 atom stereocenters. The number of rotatable bonds is 1. The monoisotopic (exact) mass is 196 g/mol. The maximum absolute atomic E-state index is 11.3. The number of nitrogens with zero attached hydrogens (tertiary/aromatic N) is 1. The van der Waals surface area contributed by atoms with Crippen LogP contribution >= 0.6 is 11.6 Å². The van der Waals surface area contributed by atoms with Crippen LogP contribution in [0.2, 0.25) is 0 Å². The Kier molecular flexibility index (Phi) is 1.88. The van der Waals surface area contributed by atoms with Crippen LogP contribution < -0.4 is 5.69 Å². The molecule has 1 aromatic heterocycles. The molecule has 2 rings (SSSR count). The Balaban J connectivity index is 2.95. The van der Waals surface area contributed by atoms with Crippen molar-refractivity contribution in [1.29, 1.82) is 0 Å². The van der Waals surface area contributed by atoms with E-state index in [1.807, 2.05) is 18.2 Å². The van der Waals surface area contributed by atoms with E-state index < -0.39 is 0 Å². The minimum Gasteiger partial charge on any atom is -0.306 e. The van der Waals surface area contributed by atoms with E-state index in [4.69, 9.17) is 11.6 Å². The zero-order chi connectivity index (χ0) is 9.42. The highest BCUT2D eigenvalue weighted by Gasteiger charge is 2.06. The van der Waals surface area contributed by atoms with Crippen LogP contribution in [0.15, 0.2) is 23.0 Å². The van der Waals surface area contributed by atoms with Gasteiger partial charge >= 0.3 is 5.69 Å². The van der Waals surface area contributed by atoms with Crippen LogP contribution in [0.1, 0.15) is 5.56 Å². The molecule has 3 nitrogen and oxygen atoms in total. The quantitative estimate of drug-likeness (QED) is 0.692. The molecule has 0 saturated carbocycles. The lowest BCUT2D eigenvalue weighted by Crippen LogP contribution is -2.12. The van der Waals surface area contributed by atoms with E-state index in [0.717, 1.165) is 16.6 Å². The Hall–Kier alpha value is -1.22. The number of halogens is 1. The normalized spacial score (nSPS) is 10.9. The predicted molar refractivity (Wildman–Crippen MR) is 53.1 cm³/mol. The number of alkyl halides is 1. The van der Waals surface area contributed by atoms with Gasteiger partial charge in [0.1, 0.15) is 0 Å². The molecule has 0 aliphatic carbocycles. The molecule has 0 bridgehead atoms. The van der Waals surface area contributed by atoms with Crippen molar-refractivity contribution in [3.8, 4) is 0 Å². The van der Waals surface area contributed by atoms with E-state index >= 15 is 0 Å². The number of aryl methyl sites for hydroxylation is 1. The number of benzene rings is 1. The maximum Gasteiger partial charge on any atom is 0.326 e. The number of hydrogen-bond acceptors (Lipinski definition) is 1. The lowest BCUT2D eigenvalue weighted by Gasteiger charge is -1.99. The first-order valence-corrected chi connectivity index (χ1v) is 4.50. The lowest BCUT2D eigenvalue weighted by atomic mass is 10.2. The fraction of sp³-hybridized carbons (Fsp3) is 0.222. The largest absolute Gasteiger partial charge is 0.326 e. The van der Waals surface area contributed by atoms with Gasteiger partial charge in [-0.15, -0.1) is 11.6 Å². The van der Waals surface area contributed by atoms with Crippen LogP contribution in [-0.2, 0) is 12.9 Å². The van der Waals surface area contributed by atoms with Crippen molar-refractivity contribution in [1.82, 2.24) is 9.55 Å². The van der Waals surface area contributed by atoms with Crippen LogP contribution in [0, 0.1) is 0 Å². The van der Waals surface area contributed by atoms with Crippen molar-refractivity contribution in [2.45, 2.75) is 5.88 Å². The third-order valence-electron chi connectivity index (χ3n) is 2.15. The van der Waals surface area contributed by atoms with Crippen molar-refractivity contribution >= 4 is 22.6 Å². The zero-order valence-electron chi connectivity index (χ0n) is 7.17. The minimum absolute atomic E-state index is 0.104. The first-order chi connectivity index (χ1) is 6.24. The molecule has 68 valence electrons. The van der Waals surface area contributed by atoms with E-state index in [1.165, 1.54) is 0 Å². The summed E-state index contributed by atoms with van der Waals surface area (Å²) in [5, 5.41) is 0. The Bertz CT molecular complexity index is 498. The molecule has 0 saturated heterocycles. The summed E-state index contributed by atoms with van der Waals surface area (Å²) in [5.74, 6) is 0.419. The number of para-hydroxylation sites is 1. The molecule has 0 radical (unpaired) electrons. The Morgan fingerprint density at radius 3 is 3.00 bits per heavy atom. The second-order valence-electron chi connectivity index (χ2n) is 2.94. The summed E-state index contributed by atoms with van der Waals surface area (Å²) >= 11 is 5.76. The second kappa shape index (κ2) is 2.92. The highest BCUT2D eigenvalue weighted by molar-refractivity contribution is 6.17. The van der Waals surface area contributed by atoms with Gasteiger partial charge in [0.2, 0.25) is 0 Å². The summed E-state index contributed by atoms with van der Waals surface area (Å²) in [4.78, 5) is 14.0. The summed E-state index contributed by atoms with van der Waals surface area (Å²) in [6, 6.07) is 5.67. The molecule has 0 unspecified atom stereocenters. The number of hydrogen-bond donors (Lipinski definition) is 1. The van der Waals surface area contributed by atoms with Gasteiger partial charge in [-0.05, 0) is 11.6 Å². The molecule has 1 heterocycles. The molecule has 0 fully saturated rings. The Morgan fingerprint density at radius 1 is 1.54 bits per heavy atom. The van der Waals surface area contributed by atoms with E-state index in [1.54, 1.807) is 11.6 Å². The zero-order valence-corrected chi connectivity index (χ0v) is 7.93. The van der Waals surface area contributed by atoms with E-state index in [-0.39, 0.29) is 5.69 Å². The number of fused-ring (bicyclic) bond motifs is 1. The average Bonchev–Trinajstić information content (AvgIpc) is 2.43. The van der Waals surface area contributed by atoms with Gasteiger partial charge in [-0.2, -0.15) is 0 Å². The lowest BCUT2D eigenvalue weighted by molar-refractivity contribution is 0.888. The number of imidazole rings is 1. The van der Waals surface area contributed by atoms with Crippen LogP contribution in [-0.4, -0.2) is 9.55 Å². The topological polar surface area (TPSA) is 37.8 Å². The van der Waals surface area contributed by atoms with Gasteiger partial charge in [0.15, 0.2) is 0 Å². The maximum atomic E-state index is 11.3. The van der Waals surface area contributed by atoms with Crippen LogP contribution in [0.3, 0.4) is 0 Å². The molecule has 2 aromatic rings.